The molecule has 0 unspecified atom stereocenters. The van der Waals surface area contributed by atoms with E-state index in [4.69, 9.17) is 4.74 Å². The molecule has 2 fully saturated rings. The molecule has 0 atom stereocenters. The number of carbonyl (C=O) groups is 1. The van der Waals surface area contributed by atoms with Crippen molar-refractivity contribution in [3.63, 3.8) is 0 Å². The van der Waals surface area contributed by atoms with Crippen LogP contribution in [0, 0.1) is 0 Å². The zero-order chi connectivity index (χ0) is 23.3. The number of nitrogens with one attached hydrogen (secondary N) is 2. The van der Waals surface area contributed by atoms with Crippen LogP contribution in [-0.4, -0.2) is 45.5 Å². The van der Waals surface area contributed by atoms with E-state index < -0.39 is 10.0 Å². The Balaban J connectivity index is 1.49. The molecule has 4 rings (SSSR count). The molecule has 33 heavy (non-hydrogen) atoms. The smallest absolute Gasteiger partial charge is 0.255 e. The van der Waals surface area contributed by atoms with Gasteiger partial charge in [0, 0.05) is 23.8 Å². The van der Waals surface area contributed by atoms with Crippen LogP contribution in [0.25, 0.3) is 0 Å². The van der Waals surface area contributed by atoms with Gasteiger partial charge >= 0.3 is 0 Å². The summed E-state index contributed by atoms with van der Waals surface area (Å²) in [4.78, 5) is 15.4. The van der Waals surface area contributed by atoms with Crippen LogP contribution in [0.15, 0.2) is 47.4 Å². The molecule has 1 amide bonds. The lowest BCUT2D eigenvalue weighted by Gasteiger charge is -2.26. The largest absolute Gasteiger partial charge is 0.495 e. The molecule has 1 saturated carbocycles. The maximum Gasteiger partial charge on any atom is 0.255 e. The summed E-state index contributed by atoms with van der Waals surface area (Å²) in [5.74, 6) is -0.134. The fourth-order valence-electron chi connectivity index (χ4n) is 4.68. The number of methoxy groups -OCH3 is 1. The molecule has 2 aromatic carbocycles. The van der Waals surface area contributed by atoms with Crippen LogP contribution >= 0.6 is 0 Å². The van der Waals surface area contributed by atoms with Crippen LogP contribution in [0.4, 0.5) is 5.69 Å². The summed E-state index contributed by atoms with van der Waals surface area (Å²) < 4.78 is 34.1. The van der Waals surface area contributed by atoms with Crippen molar-refractivity contribution >= 4 is 21.6 Å². The first-order chi connectivity index (χ1) is 15.9. The number of carbonyl (C=O) groups excluding carboxylic acids is 1. The first-order valence-electron chi connectivity index (χ1n) is 11.8. The maximum absolute atomic E-state index is 13.0. The molecule has 0 aromatic heterocycles. The topological polar surface area (TPSA) is 87.7 Å². The summed E-state index contributed by atoms with van der Waals surface area (Å²) in [5.41, 5.74) is 2.11. The lowest BCUT2D eigenvalue weighted by molar-refractivity contribution is 0.102. The average molecular weight is 472 g/mol. The number of nitrogens with zero attached hydrogens (tertiary/aromatic N) is 1. The quantitative estimate of drug-likeness (QED) is 0.604. The van der Waals surface area contributed by atoms with E-state index in [1.807, 2.05) is 18.2 Å². The number of sulfonamides is 1. The van der Waals surface area contributed by atoms with Gasteiger partial charge in [0.15, 0.2) is 0 Å². The minimum Gasteiger partial charge on any atom is -0.495 e. The molecule has 1 aliphatic heterocycles. The van der Waals surface area contributed by atoms with Gasteiger partial charge in [-0.3, -0.25) is 9.69 Å². The highest BCUT2D eigenvalue weighted by molar-refractivity contribution is 7.89. The molecule has 8 heteroatoms. The Hall–Kier alpha value is -2.42. The normalized spacial score (nSPS) is 17.7. The van der Waals surface area contributed by atoms with Gasteiger partial charge in [0.2, 0.25) is 10.0 Å². The van der Waals surface area contributed by atoms with Gasteiger partial charge in [-0.1, -0.05) is 31.4 Å². The Kier molecular flexibility index (Phi) is 7.67. The van der Waals surface area contributed by atoms with E-state index in [9.17, 15) is 13.2 Å². The van der Waals surface area contributed by atoms with Gasteiger partial charge in [0.05, 0.1) is 7.11 Å². The highest BCUT2D eigenvalue weighted by atomic mass is 32.2. The van der Waals surface area contributed by atoms with Gasteiger partial charge < -0.3 is 10.1 Å². The zero-order valence-corrected chi connectivity index (χ0v) is 20.0. The third-order valence-corrected chi connectivity index (χ3v) is 7.97. The lowest BCUT2D eigenvalue weighted by atomic mass is 10.1. The molecule has 7 nitrogen and oxygen atoms in total. The van der Waals surface area contributed by atoms with E-state index >= 15 is 0 Å². The predicted molar refractivity (Wildman–Crippen MR) is 129 cm³/mol. The van der Waals surface area contributed by atoms with Crippen molar-refractivity contribution in [3.8, 4) is 5.75 Å². The summed E-state index contributed by atoms with van der Waals surface area (Å²) in [6.45, 7) is 3.07. The van der Waals surface area contributed by atoms with Crippen LogP contribution < -0.4 is 14.8 Å². The van der Waals surface area contributed by atoms with Crippen molar-refractivity contribution in [1.82, 2.24) is 9.62 Å². The van der Waals surface area contributed by atoms with Crippen molar-refractivity contribution in [1.29, 1.82) is 0 Å². The average Bonchev–Trinajstić information content (AvgIpc) is 3.32. The van der Waals surface area contributed by atoms with Gasteiger partial charge in [-0.2, -0.15) is 0 Å². The molecular formula is C25H33N3O4S. The SMILES string of the molecule is COc1ccc(C(=O)Nc2cccc(CN3CCCCC3)c2)cc1S(=O)(=O)NC1CCCC1. The summed E-state index contributed by atoms with van der Waals surface area (Å²) >= 11 is 0. The fraction of sp³-hybridized carbons (Fsp3) is 0.480. The molecule has 2 aromatic rings. The van der Waals surface area contributed by atoms with Gasteiger partial charge in [-0.15, -0.1) is 0 Å². The zero-order valence-electron chi connectivity index (χ0n) is 19.2. The number of amides is 1. The predicted octanol–water partition coefficient (Wildman–Crippen LogP) is 4.15. The monoisotopic (exact) mass is 471 g/mol. The van der Waals surface area contributed by atoms with Gasteiger partial charge in [0.1, 0.15) is 10.6 Å². The van der Waals surface area contributed by atoms with Crippen LogP contribution in [0.5, 0.6) is 5.75 Å². The van der Waals surface area contributed by atoms with Crippen molar-refractivity contribution in [2.24, 2.45) is 0 Å². The standard InChI is InChI=1S/C25H33N3O4S/c1-32-23-13-12-20(17-24(23)33(30,31)27-21-9-3-4-10-21)25(29)26-22-11-7-8-19(16-22)18-28-14-5-2-6-15-28/h7-8,11-13,16-17,21,27H,2-6,9-10,14-15,18H2,1H3,(H,26,29). The van der Waals surface area contributed by atoms with Crippen LogP contribution in [0.2, 0.25) is 0 Å². The van der Waals surface area contributed by atoms with Crippen LogP contribution in [0.3, 0.4) is 0 Å². The molecule has 1 heterocycles. The Morgan fingerprint density at radius 1 is 1.03 bits per heavy atom. The van der Waals surface area contributed by atoms with Crippen molar-refractivity contribution in [2.45, 2.75) is 62.4 Å². The van der Waals surface area contributed by atoms with E-state index in [1.54, 1.807) is 6.07 Å². The molecular weight excluding hydrogens is 438 g/mol. The van der Waals surface area contributed by atoms with Gasteiger partial charge in [-0.05, 0) is 74.7 Å². The first-order valence-corrected chi connectivity index (χ1v) is 13.3. The molecule has 0 radical (unpaired) electrons. The van der Waals surface area contributed by atoms with Gasteiger partial charge in [0.25, 0.3) is 5.91 Å². The Labute approximate surface area is 196 Å². The third-order valence-electron chi connectivity index (χ3n) is 6.43. The molecule has 0 bridgehead atoms. The molecule has 1 aliphatic carbocycles. The van der Waals surface area contributed by atoms with Crippen LogP contribution in [0.1, 0.15) is 60.9 Å². The number of ether oxygens (including phenoxy) is 1. The van der Waals surface area contributed by atoms with Crippen LogP contribution in [-0.2, 0) is 16.6 Å². The van der Waals surface area contributed by atoms with E-state index in [0.717, 1.165) is 50.9 Å². The summed E-state index contributed by atoms with van der Waals surface area (Å²) in [5, 5.41) is 2.91. The summed E-state index contributed by atoms with van der Waals surface area (Å²) in [7, 11) is -2.37. The third kappa shape index (κ3) is 6.13. The Morgan fingerprint density at radius 3 is 2.52 bits per heavy atom. The first kappa shape index (κ1) is 23.7. The van der Waals surface area contributed by atoms with E-state index in [1.165, 1.54) is 38.5 Å². The molecule has 2 aliphatic rings. The lowest BCUT2D eigenvalue weighted by Crippen LogP contribution is -2.33. The van der Waals surface area contributed by atoms with E-state index in [0.29, 0.717) is 5.69 Å². The summed E-state index contributed by atoms with van der Waals surface area (Å²) in [6.07, 6.45) is 7.45. The van der Waals surface area contributed by atoms with Gasteiger partial charge in [-0.25, -0.2) is 13.1 Å². The number of hydrogen-bond donors (Lipinski definition) is 2. The van der Waals surface area contributed by atoms with E-state index in [2.05, 4.69) is 21.0 Å². The molecule has 178 valence electrons. The number of benzene rings is 2. The van der Waals surface area contributed by atoms with Crippen molar-refractivity contribution in [2.75, 3.05) is 25.5 Å². The number of likely N-dealkylation sites (tertiary alicyclic amines) is 1. The number of hydrogen-bond acceptors (Lipinski definition) is 5. The van der Waals surface area contributed by atoms with Crippen molar-refractivity contribution < 1.29 is 17.9 Å². The highest BCUT2D eigenvalue weighted by Gasteiger charge is 2.26. The fourth-order valence-corrected chi connectivity index (χ4v) is 6.18. The second-order valence-electron chi connectivity index (χ2n) is 8.96. The maximum atomic E-state index is 13.0. The molecule has 1 saturated heterocycles. The second kappa shape index (κ2) is 10.7. The Bertz CT molecular complexity index is 1070. The van der Waals surface area contributed by atoms with Crippen molar-refractivity contribution in [3.05, 3.63) is 53.6 Å². The summed E-state index contributed by atoms with van der Waals surface area (Å²) in [6, 6.07) is 12.3. The minimum absolute atomic E-state index is 0.0107. The molecule has 0 spiro atoms. The number of rotatable bonds is 8. The molecule has 2 N–H and O–H groups in total. The second-order valence-corrected chi connectivity index (χ2v) is 10.6. The highest BCUT2D eigenvalue weighted by Crippen LogP contribution is 2.28. The number of piperidine rings is 1. The van der Waals surface area contributed by atoms with E-state index in [-0.39, 0.29) is 28.2 Å². The minimum atomic E-state index is -3.80. The Morgan fingerprint density at radius 2 is 1.79 bits per heavy atom. The number of anilines is 1.